The van der Waals surface area contributed by atoms with Gasteiger partial charge in [-0.25, -0.2) is 8.42 Å². The Bertz CT molecular complexity index is 997. The second-order valence-electron chi connectivity index (χ2n) is 6.25. The van der Waals surface area contributed by atoms with Crippen molar-refractivity contribution < 1.29 is 26.4 Å². The van der Waals surface area contributed by atoms with Crippen molar-refractivity contribution >= 4 is 38.9 Å². The van der Waals surface area contributed by atoms with E-state index in [2.05, 4.69) is 0 Å². The van der Waals surface area contributed by atoms with Crippen LogP contribution in [0.5, 0.6) is 0 Å². The van der Waals surface area contributed by atoms with Crippen LogP contribution in [0.4, 0.5) is 13.2 Å². The molecule has 0 spiro atoms. The number of alkyl halides is 3. The minimum Gasteiger partial charge on any atom is -0.335 e. The molecule has 5 nitrogen and oxygen atoms in total. The molecule has 1 saturated heterocycles. The zero-order valence-electron chi connectivity index (χ0n) is 14.7. The van der Waals surface area contributed by atoms with Crippen LogP contribution >= 0.6 is 22.9 Å². The van der Waals surface area contributed by atoms with Crippen molar-refractivity contribution in [2.24, 2.45) is 0 Å². The van der Waals surface area contributed by atoms with E-state index in [4.69, 9.17) is 11.6 Å². The van der Waals surface area contributed by atoms with E-state index in [0.29, 0.717) is 10.9 Å². The molecular formula is C17H16ClF3N2O3S2. The predicted octanol–water partition coefficient (Wildman–Crippen LogP) is 3.88. The van der Waals surface area contributed by atoms with Crippen LogP contribution in [0.2, 0.25) is 5.02 Å². The average molecular weight is 453 g/mol. The molecule has 0 unspecified atom stereocenters. The fourth-order valence-electron chi connectivity index (χ4n) is 2.85. The number of nitrogens with zero attached hydrogens (tertiary/aromatic N) is 2. The van der Waals surface area contributed by atoms with Crippen LogP contribution in [0.3, 0.4) is 0 Å². The maximum Gasteiger partial charge on any atom is 0.416 e. The molecule has 11 heteroatoms. The normalized spacial score (nSPS) is 16.4. The molecule has 1 aliphatic heterocycles. The van der Waals surface area contributed by atoms with Crippen molar-refractivity contribution in [3.63, 3.8) is 0 Å². The summed E-state index contributed by atoms with van der Waals surface area (Å²) in [6, 6.07) is 5.75. The molecule has 0 saturated carbocycles. The third-order valence-corrected chi connectivity index (χ3v) is 7.72. The molecule has 0 bridgehead atoms. The summed E-state index contributed by atoms with van der Waals surface area (Å²) in [5, 5.41) is -0.277. The first-order valence-corrected chi connectivity index (χ1v) is 10.9. The first-order valence-electron chi connectivity index (χ1n) is 8.23. The van der Waals surface area contributed by atoms with E-state index < -0.39 is 26.7 Å². The molecule has 0 aliphatic carbocycles. The smallest absolute Gasteiger partial charge is 0.335 e. The number of hydrogen-bond acceptors (Lipinski definition) is 4. The number of thiophene rings is 1. The van der Waals surface area contributed by atoms with Crippen molar-refractivity contribution in [2.45, 2.75) is 18.0 Å². The van der Waals surface area contributed by atoms with Gasteiger partial charge >= 0.3 is 6.18 Å². The number of benzene rings is 1. The monoisotopic (exact) mass is 452 g/mol. The van der Waals surface area contributed by atoms with Crippen molar-refractivity contribution in [3.8, 4) is 0 Å². The van der Waals surface area contributed by atoms with Crippen LogP contribution < -0.4 is 0 Å². The Hall–Kier alpha value is -1.62. The number of carbonyl (C=O) groups is 1. The number of rotatable bonds is 3. The fraction of sp³-hybridized carbons (Fsp3) is 0.353. The van der Waals surface area contributed by atoms with E-state index in [-0.39, 0.29) is 37.1 Å². The minimum absolute atomic E-state index is 0.0228. The highest BCUT2D eigenvalue weighted by molar-refractivity contribution is 7.89. The number of sulfonamides is 1. The molecule has 1 aromatic heterocycles. The summed E-state index contributed by atoms with van der Waals surface area (Å²) in [6.07, 6.45) is -4.68. The first kappa shape index (κ1) is 21.1. The quantitative estimate of drug-likeness (QED) is 0.710. The number of hydrogen-bond donors (Lipinski definition) is 0. The molecule has 1 amide bonds. The molecule has 28 heavy (non-hydrogen) atoms. The summed E-state index contributed by atoms with van der Waals surface area (Å²) in [7, 11) is -4.22. The van der Waals surface area contributed by atoms with Gasteiger partial charge in [0, 0.05) is 31.1 Å². The van der Waals surface area contributed by atoms with Crippen molar-refractivity contribution in [3.05, 3.63) is 50.7 Å². The summed E-state index contributed by atoms with van der Waals surface area (Å²) in [4.78, 5) is 15.0. The Morgan fingerprint density at radius 2 is 1.75 bits per heavy atom. The second kappa shape index (κ2) is 7.66. The molecule has 0 atom stereocenters. The van der Waals surface area contributed by atoms with Crippen molar-refractivity contribution in [1.82, 2.24) is 9.21 Å². The number of aryl methyl sites for hydroxylation is 1. The lowest BCUT2D eigenvalue weighted by Gasteiger charge is -2.34. The van der Waals surface area contributed by atoms with Crippen molar-refractivity contribution in [1.29, 1.82) is 0 Å². The lowest BCUT2D eigenvalue weighted by molar-refractivity contribution is -0.137. The van der Waals surface area contributed by atoms with Crippen molar-refractivity contribution in [2.75, 3.05) is 26.2 Å². The molecule has 2 aromatic rings. The lowest BCUT2D eigenvalue weighted by Crippen LogP contribution is -2.50. The van der Waals surface area contributed by atoms with E-state index >= 15 is 0 Å². The molecule has 1 aromatic carbocycles. The summed E-state index contributed by atoms with van der Waals surface area (Å²) >= 11 is 7.23. The first-order chi connectivity index (χ1) is 13.0. The average Bonchev–Trinajstić information content (AvgIpc) is 3.07. The maximum absolute atomic E-state index is 12.9. The van der Waals surface area contributed by atoms with E-state index in [1.165, 1.54) is 16.2 Å². The van der Waals surface area contributed by atoms with Gasteiger partial charge in [0.05, 0.1) is 15.5 Å². The summed E-state index contributed by atoms with van der Waals surface area (Å²) in [5.74, 6) is -0.188. The standard InChI is InChI=1S/C17H16ClF3N2O3S2/c1-11-2-5-14(27-11)16(24)22-6-8-23(9-7-22)28(25,26)15-10-12(17(19,20)21)3-4-13(15)18/h2-5,10H,6-9H2,1H3. The van der Waals surface area contributed by atoms with Gasteiger partial charge in [0.2, 0.25) is 10.0 Å². The molecule has 2 heterocycles. The van der Waals surface area contributed by atoms with E-state index in [1.807, 2.05) is 13.0 Å². The van der Waals surface area contributed by atoms with Crippen LogP contribution in [0.1, 0.15) is 20.1 Å². The highest BCUT2D eigenvalue weighted by Gasteiger charge is 2.36. The Balaban J connectivity index is 1.77. The maximum atomic E-state index is 12.9. The van der Waals surface area contributed by atoms with Crippen LogP contribution in [-0.4, -0.2) is 49.7 Å². The third kappa shape index (κ3) is 4.19. The largest absolute Gasteiger partial charge is 0.416 e. The lowest BCUT2D eigenvalue weighted by atomic mass is 10.2. The van der Waals surface area contributed by atoms with E-state index in [9.17, 15) is 26.4 Å². The minimum atomic E-state index is -4.68. The van der Waals surface area contributed by atoms with E-state index in [1.54, 1.807) is 6.07 Å². The fourth-order valence-corrected chi connectivity index (χ4v) is 5.61. The molecule has 0 radical (unpaired) electrons. The second-order valence-corrected chi connectivity index (χ2v) is 9.85. The number of amides is 1. The molecule has 152 valence electrons. The third-order valence-electron chi connectivity index (χ3n) is 4.35. The number of piperazine rings is 1. The van der Waals surface area contributed by atoms with E-state index in [0.717, 1.165) is 21.3 Å². The van der Waals surface area contributed by atoms with Gasteiger partial charge in [-0.05, 0) is 37.3 Å². The molecule has 3 rings (SSSR count). The molecule has 1 aliphatic rings. The highest BCUT2D eigenvalue weighted by Crippen LogP contribution is 2.34. The van der Waals surface area contributed by atoms with Gasteiger partial charge < -0.3 is 4.90 Å². The summed E-state index contributed by atoms with van der Waals surface area (Å²) in [6.45, 7) is 2.12. The Morgan fingerprint density at radius 1 is 1.11 bits per heavy atom. The Morgan fingerprint density at radius 3 is 2.29 bits per heavy atom. The topological polar surface area (TPSA) is 57.7 Å². The zero-order chi connectivity index (χ0) is 20.7. The van der Waals surface area contributed by atoms with Gasteiger partial charge in [-0.1, -0.05) is 11.6 Å². The SMILES string of the molecule is Cc1ccc(C(=O)N2CCN(S(=O)(=O)c3cc(C(F)(F)F)ccc3Cl)CC2)s1. The van der Waals surface area contributed by atoms with Crippen LogP contribution in [0.15, 0.2) is 35.2 Å². The van der Waals surface area contributed by atoms with Gasteiger partial charge in [-0.15, -0.1) is 11.3 Å². The van der Waals surface area contributed by atoms with Gasteiger partial charge in [-0.3, -0.25) is 4.79 Å². The molecular weight excluding hydrogens is 437 g/mol. The van der Waals surface area contributed by atoms with Gasteiger partial charge in [0.25, 0.3) is 5.91 Å². The van der Waals surface area contributed by atoms with Crippen LogP contribution in [0.25, 0.3) is 0 Å². The molecule has 1 fully saturated rings. The van der Waals surface area contributed by atoms with Gasteiger partial charge in [0.1, 0.15) is 4.90 Å². The number of halogens is 4. The van der Waals surface area contributed by atoms with Crippen LogP contribution in [0, 0.1) is 6.92 Å². The summed E-state index contributed by atoms with van der Waals surface area (Å²) < 4.78 is 65.5. The predicted molar refractivity (Wildman–Crippen MR) is 100 cm³/mol. The zero-order valence-corrected chi connectivity index (χ0v) is 17.1. The Labute approximate surface area is 169 Å². The summed E-state index contributed by atoms with van der Waals surface area (Å²) in [5.41, 5.74) is -1.09. The molecule has 0 N–H and O–H groups in total. The van der Waals surface area contributed by atoms with Crippen LogP contribution in [-0.2, 0) is 16.2 Å². The Kier molecular flexibility index (Phi) is 5.77. The van der Waals surface area contributed by atoms with Gasteiger partial charge in [0.15, 0.2) is 0 Å². The number of carbonyl (C=O) groups excluding carboxylic acids is 1. The van der Waals surface area contributed by atoms with Gasteiger partial charge in [-0.2, -0.15) is 17.5 Å². The highest BCUT2D eigenvalue weighted by atomic mass is 35.5.